The van der Waals surface area contributed by atoms with Gasteiger partial charge in [-0.15, -0.1) is 11.3 Å². The lowest BCUT2D eigenvalue weighted by Crippen LogP contribution is -1.88. The molecule has 0 amide bonds. The van der Waals surface area contributed by atoms with Gasteiger partial charge >= 0.3 is 0 Å². The van der Waals surface area contributed by atoms with Crippen LogP contribution < -0.4 is 5.73 Å². The number of nitrogens with two attached hydrogens (primary N) is 1. The van der Waals surface area contributed by atoms with Gasteiger partial charge in [0.25, 0.3) is 0 Å². The van der Waals surface area contributed by atoms with Gasteiger partial charge in [0, 0.05) is 27.2 Å². The largest absolute Gasteiger partial charge is 0.398 e. The minimum absolute atomic E-state index is 0.728. The van der Waals surface area contributed by atoms with Crippen molar-refractivity contribution in [3.05, 3.63) is 58.9 Å². The van der Waals surface area contributed by atoms with Crippen molar-refractivity contribution in [2.45, 2.75) is 0 Å². The summed E-state index contributed by atoms with van der Waals surface area (Å²) < 4.78 is 0. The van der Waals surface area contributed by atoms with E-state index in [0.717, 1.165) is 32.5 Å². The fourth-order valence-electron chi connectivity index (χ4n) is 1.84. The molecule has 4 heteroatoms. The highest BCUT2D eigenvalue weighted by molar-refractivity contribution is 7.13. The SMILES string of the molecule is Nc1ccccc1-c1nc(-c2ccc(Cl)cc2)cs1. The van der Waals surface area contributed by atoms with Crippen LogP contribution in [0.4, 0.5) is 5.69 Å². The number of thiazole rings is 1. The van der Waals surface area contributed by atoms with Gasteiger partial charge in [0.05, 0.1) is 5.69 Å². The monoisotopic (exact) mass is 286 g/mol. The van der Waals surface area contributed by atoms with Gasteiger partial charge in [0.1, 0.15) is 5.01 Å². The molecule has 19 heavy (non-hydrogen) atoms. The van der Waals surface area contributed by atoms with Crippen molar-refractivity contribution in [2.75, 3.05) is 5.73 Å². The standard InChI is InChI=1S/C15H11ClN2S/c16-11-7-5-10(6-8-11)14-9-19-15(18-14)12-3-1-2-4-13(12)17/h1-9H,17H2. The van der Waals surface area contributed by atoms with Crippen molar-refractivity contribution < 1.29 is 0 Å². The summed E-state index contributed by atoms with van der Waals surface area (Å²) in [4.78, 5) is 4.64. The lowest BCUT2D eigenvalue weighted by atomic mass is 10.1. The van der Waals surface area contributed by atoms with Gasteiger partial charge < -0.3 is 5.73 Å². The van der Waals surface area contributed by atoms with Crippen LogP contribution in [0.2, 0.25) is 5.02 Å². The summed E-state index contributed by atoms with van der Waals surface area (Å²) >= 11 is 7.48. The van der Waals surface area contributed by atoms with Crippen LogP contribution in [-0.4, -0.2) is 4.98 Å². The first-order valence-corrected chi connectivity index (χ1v) is 7.06. The number of hydrogen-bond acceptors (Lipinski definition) is 3. The molecule has 2 aromatic carbocycles. The predicted molar refractivity (Wildman–Crippen MR) is 82.4 cm³/mol. The summed E-state index contributed by atoms with van der Waals surface area (Å²) in [5.74, 6) is 0. The molecule has 0 fully saturated rings. The van der Waals surface area contributed by atoms with Crippen LogP contribution in [0.1, 0.15) is 0 Å². The second-order valence-electron chi connectivity index (χ2n) is 4.13. The van der Waals surface area contributed by atoms with Gasteiger partial charge in [-0.2, -0.15) is 0 Å². The van der Waals surface area contributed by atoms with Crippen LogP contribution in [0.25, 0.3) is 21.8 Å². The molecule has 0 bridgehead atoms. The van der Waals surface area contributed by atoms with Crippen LogP contribution >= 0.6 is 22.9 Å². The van der Waals surface area contributed by atoms with Gasteiger partial charge in [-0.3, -0.25) is 0 Å². The second kappa shape index (κ2) is 5.03. The summed E-state index contributed by atoms with van der Waals surface area (Å²) in [5.41, 5.74) is 9.70. The molecule has 0 aliphatic rings. The van der Waals surface area contributed by atoms with Crippen molar-refractivity contribution in [1.82, 2.24) is 4.98 Å². The van der Waals surface area contributed by atoms with Crippen LogP contribution in [0.3, 0.4) is 0 Å². The summed E-state index contributed by atoms with van der Waals surface area (Å²) in [5, 5.41) is 3.69. The highest BCUT2D eigenvalue weighted by Crippen LogP contribution is 2.32. The molecule has 0 aliphatic heterocycles. The zero-order valence-corrected chi connectivity index (χ0v) is 11.6. The lowest BCUT2D eigenvalue weighted by Gasteiger charge is -2.00. The third-order valence-electron chi connectivity index (χ3n) is 2.84. The number of rotatable bonds is 2. The van der Waals surface area contributed by atoms with Crippen LogP contribution in [0, 0.1) is 0 Å². The van der Waals surface area contributed by atoms with Crippen LogP contribution in [0.15, 0.2) is 53.9 Å². The summed E-state index contributed by atoms with van der Waals surface area (Å²) in [6.45, 7) is 0. The molecule has 3 rings (SSSR count). The van der Waals surface area contributed by atoms with E-state index < -0.39 is 0 Å². The van der Waals surface area contributed by atoms with Gasteiger partial charge in [-0.1, -0.05) is 35.9 Å². The summed E-state index contributed by atoms with van der Waals surface area (Å²) in [6.07, 6.45) is 0. The fraction of sp³-hybridized carbons (Fsp3) is 0. The summed E-state index contributed by atoms with van der Waals surface area (Å²) in [6, 6.07) is 15.4. The first-order valence-electron chi connectivity index (χ1n) is 5.80. The number of hydrogen-bond donors (Lipinski definition) is 1. The van der Waals surface area contributed by atoms with E-state index in [1.165, 1.54) is 0 Å². The maximum Gasteiger partial charge on any atom is 0.126 e. The third kappa shape index (κ3) is 2.48. The molecular weight excluding hydrogens is 276 g/mol. The highest BCUT2D eigenvalue weighted by Gasteiger charge is 2.08. The molecule has 2 nitrogen and oxygen atoms in total. The van der Waals surface area contributed by atoms with Gasteiger partial charge in [-0.25, -0.2) is 4.98 Å². The summed E-state index contributed by atoms with van der Waals surface area (Å²) in [7, 11) is 0. The van der Waals surface area contributed by atoms with E-state index in [4.69, 9.17) is 17.3 Å². The average Bonchev–Trinajstić information content (AvgIpc) is 2.89. The average molecular weight is 287 g/mol. The maximum absolute atomic E-state index is 5.97. The molecule has 0 saturated heterocycles. The zero-order chi connectivity index (χ0) is 13.2. The molecule has 0 spiro atoms. The van der Waals surface area contributed by atoms with E-state index in [2.05, 4.69) is 4.98 Å². The Hall–Kier alpha value is -1.84. The van der Waals surface area contributed by atoms with E-state index in [1.807, 2.05) is 53.9 Å². The Morgan fingerprint density at radius 1 is 1.00 bits per heavy atom. The normalized spacial score (nSPS) is 10.6. The number of halogens is 1. The molecular formula is C15H11ClN2S. The predicted octanol–water partition coefficient (Wildman–Crippen LogP) is 4.71. The van der Waals surface area contributed by atoms with Crippen LogP contribution in [-0.2, 0) is 0 Å². The molecule has 94 valence electrons. The van der Waals surface area contributed by atoms with Crippen molar-refractivity contribution in [3.63, 3.8) is 0 Å². The Kier molecular flexibility index (Phi) is 3.23. The van der Waals surface area contributed by atoms with Gasteiger partial charge in [-0.05, 0) is 24.3 Å². The Bertz CT molecular complexity index is 704. The van der Waals surface area contributed by atoms with E-state index >= 15 is 0 Å². The molecule has 0 atom stereocenters. The Balaban J connectivity index is 2.00. The number of nitrogens with zero attached hydrogens (tertiary/aromatic N) is 1. The zero-order valence-electron chi connectivity index (χ0n) is 10.0. The molecule has 0 saturated carbocycles. The van der Waals surface area contributed by atoms with Crippen molar-refractivity contribution in [3.8, 4) is 21.8 Å². The van der Waals surface area contributed by atoms with Crippen molar-refractivity contribution >= 4 is 28.6 Å². The lowest BCUT2D eigenvalue weighted by molar-refractivity contribution is 1.40. The molecule has 1 aromatic heterocycles. The van der Waals surface area contributed by atoms with Crippen molar-refractivity contribution in [2.24, 2.45) is 0 Å². The number of aromatic nitrogens is 1. The first-order chi connectivity index (χ1) is 9.24. The third-order valence-corrected chi connectivity index (χ3v) is 3.96. The maximum atomic E-state index is 5.97. The van der Waals surface area contributed by atoms with E-state index in [9.17, 15) is 0 Å². The number of anilines is 1. The quantitative estimate of drug-likeness (QED) is 0.693. The van der Waals surface area contributed by atoms with Gasteiger partial charge in [0.2, 0.25) is 0 Å². The fourth-order valence-corrected chi connectivity index (χ4v) is 2.84. The number of benzene rings is 2. The smallest absolute Gasteiger partial charge is 0.126 e. The number of nitrogen functional groups attached to an aromatic ring is 1. The van der Waals surface area contributed by atoms with Crippen molar-refractivity contribution in [1.29, 1.82) is 0 Å². The second-order valence-corrected chi connectivity index (χ2v) is 5.43. The number of para-hydroxylation sites is 1. The van der Waals surface area contributed by atoms with Crippen LogP contribution in [0.5, 0.6) is 0 Å². The van der Waals surface area contributed by atoms with E-state index in [-0.39, 0.29) is 0 Å². The topological polar surface area (TPSA) is 38.9 Å². The Morgan fingerprint density at radius 3 is 2.47 bits per heavy atom. The molecule has 2 N–H and O–H groups in total. The Morgan fingerprint density at radius 2 is 1.74 bits per heavy atom. The molecule has 1 heterocycles. The first kappa shape index (κ1) is 12.2. The highest BCUT2D eigenvalue weighted by atomic mass is 35.5. The minimum Gasteiger partial charge on any atom is -0.398 e. The molecule has 0 aliphatic carbocycles. The van der Waals surface area contributed by atoms with Gasteiger partial charge in [0.15, 0.2) is 0 Å². The molecule has 0 radical (unpaired) electrons. The Labute approximate surface area is 120 Å². The van der Waals surface area contributed by atoms with E-state index in [0.29, 0.717) is 0 Å². The van der Waals surface area contributed by atoms with E-state index in [1.54, 1.807) is 11.3 Å². The minimum atomic E-state index is 0.728. The molecule has 3 aromatic rings. The molecule has 0 unspecified atom stereocenters.